The highest BCUT2D eigenvalue weighted by Gasteiger charge is 2.18. The molecule has 1 N–H and O–H groups in total. The first-order valence-corrected chi connectivity index (χ1v) is 11.1. The van der Waals surface area contributed by atoms with Crippen molar-refractivity contribution in [3.63, 3.8) is 0 Å². The van der Waals surface area contributed by atoms with Crippen LogP contribution in [0.3, 0.4) is 0 Å². The van der Waals surface area contributed by atoms with Crippen molar-refractivity contribution in [3.05, 3.63) is 71.9 Å². The number of benzene rings is 2. The van der Waals surface area contributed by atoms with E-state index in [2.05, 4.69) is 14.8 Å². The molecule has 150 valence electrons. The van der Waals surface area contributed by atoms with Crippen LogP contribution in [0.1, 0.15) is 5.56 Å². The van der Waals surface area contributed by atoms with E-state index in [1.807, 2.05) is 37.4 Å². The molecule has 4 rings (SSSR count). The summed E-state index contributed by atoms with van der Waals surface area (Å²) in [4.78, 5) is 3.86. The molecule has 4 aromatic rings. The summed E-state index contributed by atoms with van der Waals surface area (Å²) in [6.45, 7) is 0. The Morgan fingerprint density at radius 1 is 1.17 bits per heavy atom. The van der Waals surface area contributed by atoms with Crippen molar-refractivity contribution in [3.8, 4) is 28.8 Å². The molecular formula is C20H15N5O3S2. The fourth-order valence-corrected chi connectivity index (χ4v) is 4.62. The maximum Gasteiger partial charge on any atom is 0.263 e. The predicted molar refractivity (Wildman–Crippen MR) is 113 cm³/mol. The van der Waals surface area contributed by atoms with Crippen molar-refractivity contribution in [2.45, 2.75) is 4.90 Å². The number of aryl methyl sites for hydroxylation is 1. The molecule has 0 fully saturated rings. The first-order chi connectivity index (χ1) is 14.5. The van der Waals surface area contributed by atoms with E-state index >= 15 is 0 Å². The number of nitrogens with zero attached hydrogens (tertiary/aromatic N) is 4. The van der Waals surface area contributed by atoms with Crippen LogP contribution in [0.5, 0.6) is 11.5 Å². The molecule has 8 nitrogen and oxygen atoms in total. The Morgan fingerprint density at radius 3 is 2.73 bits per heavy atom. The highest BCUT2D eigenvalue weighted by molar-refractivity contribution is 7.93. The molecule has 0 bridgehead atoms. The van der Waals surface area contributed by atoms with Crippen LogP contribution in [0.4, 0.5) is 5.13 Å². The van der Waals surface area contributed by atoms with Crippen LogP contribution >= 0.6 is 11.3 Å². The molecule has 0 aliphatic heterocycles. The molecule has 30 heavy (non-hydrogen) atoms. The van der Waals surface area contributed by atoms with Crippen molar-refractivity contribution in [2.75, 3.05) is 4.72 Å². The standard InChI is InChI=1S/C20H15N5O3S2/c1-25-18(7-8-23-25)14-3-2-4-16(11-14)28-19-6-5-17(12-15(19)13-21)30(26,27)24-20-22-9-10-29-20/h2-12H,1H3,(H,22,24). The summed E-state index contributed by atoms with van der Waals surface area (Å²) in [5, 5.41) is 15.6. The lowest BCUT2D eigenvalue weighted by Gasteiger charge is -2.11. The zero-order valence-corrected chi connectivity index (χ0v) is 17.3. The van der Waals surface area contributed by atoms with E-state index in [1.165, 1.54) is 24.4 Å². The number of nitriles is 1. The summed E-state index contributed by atoms with van der Waals surface area (Å²) in [5.41, 5.74) is 1.91. The summed E-state index contributed by atoms with van der Waals surface area (Å²) in [6, 6.07) is 15.3. The Bertz CT molecular complexity index is 1340. The van der Waals surface area contributed by atoms with E-state index in [-0.39, 0.29) is 21.3 Å². The smallest absolute Gasteiger partial charge is 0.263 e. The Labute approximate surface area is 177 Å². The van der Waals surface area contributed by atoms with E-state index in [0.717, 1.165) is 22.6 Å². The van der Waals surface area contributed by atoms with Gasteiger partial charge in [-0.05, 0) is 36.4 Å². The van der Waals surface area contributed by atoms with Crippen LogP contribution in [-0.2, 0) is 17.1 Å². The lowest BCUT2D eigenvalue weighted by Crippen LogP contribution is -2.13. The number of anilines is 1. The third-order valence-electron chi connectivity index (χ3n) is 4.21. The largest absolute Gasteiger partial charge is 0.456 e. The summed E-state index contributed by atoms with van der Waals surface area (Å²) in [5.74, 6) is 0.773. The third-order valence-corrected chi connectivity index (χ3v) is 6.37. The predicted octanol–water partition coefficient (Wildman–Crippen LogP) is 4.01. The van der Waals surface area contributed by atoms with E-state index in [4.69, 9.17) is 4.74 Å². The second-order valence-corrected chi connectivity index (χ2v) is 8.76. The van der Waals surface area contributed by atoms with Crippen LogP contribution in [0, 0.1) is 11.3 Å². The highest BCUT2D eigenvalue weighted by atomic mass is 32.2. The van der Waals surface area contributed by atoms with Crippen LogP contribution < -0.4 is 9.46 Å². The molecule has 2 aromatic carbocycles. The molecule has 0 aliphatic rings. The van der Waals surface area contributed by atoms with Crippen LogP contribution in [0.25, 0.3) is 11.3 Å². The van der Waals surface area contributed by atoms with Crippen molar-refractivity contribution in [2.24, 2.45) is 7.05 Å². The fourth-order valence-electron chi connectivity index (χ4n) is 2.80. The Balaban J connectivity index is 1.62. The maximum atomic E-state index is 12.5. The SMILES string of the molecule is Cn1nccc1-c1cccc(Oc2ccc(S(=O)(=O)Nc3nccs3)cc2C#N)c1. The normalized spacial score (nSPS) is 11.1. The van der Waals surface area contributed by atoms with E-state index in [1.54, 1.807) is 22.3 Å². The number of hydrogen-bond donors (Lipinski definition) is 1. The van der Waals surface area contributed by atoms with Crippen LogP contribution in [0.15, 0.2) is 71.2 Å². The molecule has 0 amide bonds. The summed E-state index contributed by atoms with van der Waals surface area (Å²) in [7, 11) is -2.02. The molecule has 0 unspecified atom stereocenters. The molecule has 0 spiro atoms. The number of sulfonamides is 1. The van der Waals surface area contributed by atoms with Gasteiger partial charge in [0.1, 0.15) is 17.6 Å². The Kier molecular flexibility index (Phi) is 5.22. The van der Waals surface area contributed by atoms with Gasteiger partial charge in [-0.2, -0.15) is 10.4 Å². The van der Waals surface area contributed by atoms with Gasteiger partial charge in [0.2, 0.25) is 0 Å². The van der Waals surface area contributed by atoms with Gasteiger partial charge in [-0.15, -0.1) is 11.3 Å². The first-order valence-electron chi connectivity index (χ1n) is 8.69. The molecule has 2 aromatic heterocycles. The van der Waals surface area contributed by atoms with Gasteiger partial charge in [0.15, 0.2) is 5.13 Å². The number of nitrogens with one attached hydrogen (secondary N) is 1. The molecule has 0 aliphatic carbocycles. The topological polar surface area (TPSA) is 110 Å². The van der Waals surface area contributed by atoms with Crippen LogP contribution in [0.2, 0.25) is 0 Å². The summed E-state index contributed by atoms with van der Waals surface area (Å²) >= 11 is 1.16. The van der Waals surface area contributed by atoms with Gasteiger partial charge in [0.05, 0.1) is 16.2 Å². The Morgan fingerprint density at radius 2 is 2.03 bits per heavy atom. The van der Waals surface area contributed by atoms with Crippen molar-refractivity contribution >= 4 is 26.5 Å². The minimum Gasteiger partial charge on any atom is -0.456 e. The average molecular weight is 438 g/mol. The average Bonchev–Trinajstić information content (AvgIpc) is 3.39. The molecule has 0 atom stereocenters. The highest BCUT2D eigenvalue weighted by Crippen LogP contribution is 2.30. The monoisotopic (exact) mass is 437 g/mol. The summed E-state index contributed by atoms with van der Waals surface area (Å²) < 4.78 is 35.1. The van der Waals surface area contributed by atoms with Gasteiger partial charge in [0, 0.05) is 30.4 Å². The quantitative estimate of drug-likeness (QED) is 0.488. The molecule has 10 heteroatoms. The molecule has 2 heterocycles. The molecule has 0 saturated carbocycles. The maximum absolute atomic E-state index is 12.5. The van der Waals surface area contributed by atoms with Gasteiger partial charge >= 0.3 is 0 Å². The van der Waals surface area contributed by atoms with Gasteiger partial charge in [-0.1, -0.05) is 12.1 Å². The van der Waals surface area contributed by atoms with Crippen molar-refractivity contribution in [1.82, 2.24) is 14.8 Å². The van der Waals surface area contributed by atoms with E-state index < -0.39 is 10.0 Å². The second-order valence-electron chi connectivity index (χ2n) is 6.18. The molecule has 0 radical (unpaired) electrons. The minimum absolute atomic E-state index is 0.0507. The zero-order chi connectivity index (χ0) is 21.1. The zero-order valence-electron chi connectivity index (χ0n) is 15.7. The van der Waals surface area contributed by atoms with Gasteiger partial charge in [-0.3, -0.25) is 9.40 Å². The van der Waals surface area contributed by atoms with Crippen LogP contribution in [-0.4, -0.2) is 23.2 Å². The first kappa shape index (κ1) is 19.6. The third kappa shape index (κ3) is 4.03. The summed E-state index contributed by atoms with van der Waals surface area (Å²) in [6.07, 6.45) is 3.20. The van der Waals surface area contributed by atoms with Crippen molar-refractivity contribution < 1.29 is 13.2 Å². The van der Waals surface area contributed by atoms with Gasteiger partial charge in [-0.25, -0.2) is 13.4 Å². The number of thiazole rings is 1. The van der Waals surface area contributed by atoms with E-state index in [0.29, 0.717) is 5.75 Å². The van der Waals surface area contributed by atoms with Gasteiger partial charge in [0.25, 0.3) is 10.0 Å². The van der Waals surface area contributed by atoms with Crippen molar-refractivity contribution in [1.29, 1.82) is 5.26 Å². The fraction of sp³-hybridized carbons (Fsp3) is 0.0500. The van der Waals surface area contributed by atoms with E-state index in [9.17, 15) is 13.7 Å². The number of ether oxygens (including phenoxy) is 1. The lowest BCUT2D eigenvalue weighted by atomic mass is 10.1. The number of hydrogen-bond acceptors (Lipinski definition) is 7. The molecular weight excluding hydrogens is 422 g/mol. The number of rotatable bonds is 6. The molecule has 0 saturated heterocycles. The van der Waals surface area contributed by atoms with Gasteiger partial charge < -0.3 is 4.74 Å². The minimum atomic E-state index is -3.87. The Hall–Kier alpha value is -3.68. The lowest BCUT2D eigenvalue weighted by molar-refractivity contribution is 0.480. The number of aromatic nitrogens is 3. The second kappa shape index (κ2) is 7.98.